The molecule has 1 N–H and O–H groups in total. The van der Waals surface area contributed by atoms with Gasteiger partial charge in [-0.25, -0.2) is 0 Å². The maximum atomic E-state index is 11.2. The Kier molecular flexibility index (Phi) is 8.88. The molecular formula is C16H31NO4. The number of unbranched alkanes of at least 4 members (excludes halogenated alkanes) is 2. The van der Waals surface area contributed by atoms with E-state index in [0.717, 1.165) is 38.6 Å². The Morgan fingerprint density at radius 2 is 2.00 bits per heavy atom. The van der Waals surface area contributed by atoms with Crippen LogP contribution in [0, 0.1) is 0 Å². The second-order valence-electron chi connectivity index (χ2n) is 6.28. The largest absolute Gasteiger partial charge is 0.469 e. The molecule has 1 unspecified atom stereocenters. The first-order valence-electron chi connectivity index (χ1n) is 8.06. The summed E-state index contributed by atoms with van der Waals surface area (Å²) in [6.07, 6.45) is 6.85. The molecule has 5 nitrogen and oxygen atoms in total. The summed E-state index contributed by atoms with van der Waals surface area (Å²) in [6, 6.07) is 0. The molecule has 0 aromatic rings. The van der Waals surface area contributed by atoms with Gasteiger partial charge in [0, 0.05) is 0 Å². The second kappa shape index (κ2) is 10.1. The second-order valence-corrected chi connectivity index (χ2v) is 6.28. The quantitative estimate of drug-likeness (QED) is 0.494. The Morgan fingerprint density at radius 1 is 1.29 bits per heavy atom. The Bertz CT molecular complexity index is 296. The highest BCUT2D eigenvalue weighted by Gasteiger charge is 2.28. The molecule has 3 atom stereocenters. The van der Waals surface area contributed by atoms with Crippen molar-refractivity contribution in [1.82, 2.24) is 4.90 Å². The lowest BCUT2D eigenvalue weighted by Gasteiger charge is -2.17. The lowest BCUT2D eigenvalue weighted by Crippen LogP contribution is -2.20. The molecule has 1 aliphatic rings. The highest BCUT2D eigenvalue weighted by molar-refractivity contribution is 5.69. The van der Waals surface area contributed by atoms with Crippen molar-refractivity contribution in [2.24, 2.45) is 0 Å². The molecule has 0 aliphatic carbocycles. The first-order valence-corrected chi connectivity index (χ1v) is 8.06. The molecule has 0 spiro atoms. The molecule has 1 saturated heterocycles. The number of hydrogen-bond donors (Lipinski definition) is 1. The van der Waals surface area contributed by atoms with Gasteiger partial charge in [-0.05, 0) is 52.7 Å². The zero-order valence-electron chi connectivity index (χ0n) is 13.7. The molecule has 0 saturated carbocycles. The average Bonchev–Trinajstić information content (AvgIpc) is 2.84. The first-order chi connectivity index (χ1) is 10.0. The summed E-state index contributed by atoms with van der Waals surface area (Å²) in [5.74, 6) is -0.220. The van der Waals surface area contributed by atoms with Crippen LogP contribution < -0.4 is 0 Å². The number of esters is 1. The molecule has 0 radical (unpaired) electrons. The summed E-state index contributed by atoms with van der Waals surface area (Å²) in [5, 5.41) is 10.1. The normalized spacial score (nSPS) is 23.5. The van der Waals surface area contributed by atoms with Gasteiger partial charge in [-0.15, -0.1) is 0 Å². The number of ether oxygens (including phenoxy) is 2. The van der Waals surface area contributed by atoms with E-state index in [2.05, 4.69) is 23.7 Å². The van der Waals surface area contributed by atoms with E-state index in [1.165, 1.54) is 13.5 Å². The van der Waals surface area contributed by atoms with Crippen LogP contribution in [0.3, 0.4) is 0 Å². The molecule has 0 aromatic heterocycles. The lowest BCUT2D eigenvalue weighted by atomic mass is 10.0. The van der Waals surface area contributed by atoms with Gasteiger partial charge in [0.25, 0.3) is 0 Å². The minimum Gasteiger partial charge on any atom is -0.469 e. The fraction of sp³-hybridized carbons (Fsp3) is 0.938. The van der Waals surface area contributed by atoms with Crippen molar-refractivity contribution in [2.75, 3.05) is 27.7 Å². The van der Waals surface area contributed by atoms with Gasteiger partial charge in [-0.3, -0.25) is 4.79 Å². The van der Waals surface area contributed by atoms with E-state index < -0.39 is 0 Å². The Labute approximate surface area is 128 Å². The summed E-state index contributed by atoms with van der Waals surface area (Å²) in [4.78, 5) is 13.4. The van der Waals surface area contributed by atoms with Gasteiger partial charge in [0.05, 0.1) is 31.8 Å². The van der Waals surface area contributed by atoms with Gasteiger partial charge in [0.15, 0.2) is 0 Å². The van der Waals surface area contributed by atoms with Crippen molar-refractivity contribution in [3.63, 3.8) is 0 Å². The summed E-state index contributed by atoms with van der Waals surface area (Å²) < 4.78 is 10.4. The zero-order chi connectivity index (χ0) is 15.7. The van der Waals surface area contributed by atoms with Crippen LogP contribution in [-0.4, -0.2) is 62.0 Å². The molecule has 0 amide bonds. The van der Waals surface area contributed by atoms with Crippen molar-refractivity contribution < 1.29 is 19.4 Å². The van der Waals surface area contributed by atoms with E-state index in [4.69, 9.17) is 4.74 Å². The third kappa shape index (κ3) is 8.39. The smallest absolute Gasteiger partial charge is 0.308 e. The molecular weight excluding hydrogens is 270 g/mol. The lowest BCUT2D eigenvalue weighted by molar-refractivity contribution is -0.143. The number of methoxy groups -OCH3 is 1. The number of carbonyl (C=O) groups excluding carboxylic acids is 1. The topological polar surface area (TPSA) is 59.0 Å². The van der Waals surface area contributed by atoms with Gasteiger partial charge in [-0.1, -0.05) is 12.8 Å². The SMILES string of the molecule is COC(=O)CC1CC[C@H](C[C@H](O)CCCCCN(C)C)O1. The van der Waals surface area contributed by atoms with Gasteiger partial charge >= 0.3 is 5.97 Å². The predicted molar refractivity (Wildman–Crippen MR) is 82.2 cm³/mol. The maximum absolute atomic E-state index is 11.2. The van der Waals surface area contributed by atoms with E-state index in [0.29, 0.717) is 12.8 Å². The van der Waals surface area contributed by atoms with Crippen LogP contribution >= 0.6 is 0 Å². The maximum Gasteiger partial charge on any atom is 0.308 e. The first kappa shape index (κ1) is 18.4. The third-order valence-corrected chi connectivity index (χ3v) is 4.00. The van der Waals surface area contributed by atoms with Crippen LogP contribution in [-0.2, 0) is 14.3 Å². The van der Waals surface area contributed by atoms with Crippen molar-refractivity contribution in [1.29, 1.82) is 0 Å². The predicted octanol–water partition coefficient (Wildman–Crippen LogP) is 1.97. The molecule has 0 aromatic carbocycles. The van der Waals surface area contributed by atoms with E-state index in [9.17, 15) is 9.90 Å². The van der Waals surface area contributed by atoms with Crippen molar-refractivity contribution in [3.05, 3.63) is 0 Å². The molecule has 1 rings (SSSR count). The van der Waals surface area contributed by atoms with Crippen LogP contribution in [0.15, 0.2) is 0 Å². The fourth-order valence-electron chi connectivity index (χ4n) is 2.78. The highest BCUT2D eigenvalue weighted by Crippen LogP contribution is 2.26. The van der Waals surface area contributed by atoms with Crippen molar-refractivity contribution >= 4 is 5.97 Å². The van der Waals surface area contributed by atoms with Gasteiger partial charge in [-0.2, -0.15) is 0 Å². The van der Waals surface area contributed by atoms with Crippen LogP contribution in [0.1, 0.15) is 51.4 Å². The number of carbonyl (C=O) groups is 1. The number of rotatable bonds is 10. The summed E-state index contributed by atoms with van der Waals surface area (Å²) >= 11 is 0. The molecule has 1 aliphatic heterocycles. The summed E-state index contributed by atoms with van der Waals surface area (Å²) in [7, 11) is 5.56. The van der Waals surface area contributed by atoms with Crippen molar-refractivity contribution in [3.8, 4) is 0 Å². The number of nitrogens with zero attached hydrogens (tertiary/aromatic N) is 1. The summed E-state index contributed by atoms with van der Waals surface area (Å²) in [5.41, 5.74) is 0. The van der Waals surface area contributed by atoms with E-state index in [1.54, 1.807) is 0 Å². The van der Waals surface area contributed by atoms with Crippen LogP contribution in [0.25, 0.3) is 0 Å². The Morgan fingerprint density at radius 3 is 2.67 bits per heavy atom. The Balaban J connectivity index is 2.07. The standard InChI is InChI=1S/C16H31NO4/c1-17(2)10-6-4-5-7-13(18)11-14-8-9-15(21-14)12-16(19)20-3/h13-15,18H,4-12H2,1-3H3/t13-,14-,15?/m1/s1. The molecule has 21 heavy (non-hydrogen) atoms. The van der Waals surface area contributed by atoms with Crippen LogP contribution in [0.2, 0.25) is 0 Å². The molecule has 1 heterocycles. The third-order valence-electron chi connectivity index (χ3n) is 4.00. The van der Waals surface area contributed by atoms with E-state index in [1.807, 2.05) is 0 Å². The van der Waals surface area contributed by atoms with E-state index in [-0.39, 0.29) is 24.3 Å². The molecule has 0 bridgehead atoms. The number of hydrogen-bond acceptors (Lipinski definition) is 5. The number of aliphatic hydroxyl groups is 1. The molecule has 124 valence electrons. The van der Waals surface area contributed by atoms with Gasteiger partial charge in [0.2, 0.25) is 0 Å². The van der Waals surface area contributed by atoms with Crippen LogP contribution in [0.4, 0.5) is 0 Å². The van der Waals surface area contributed by atoms with Crippen molar-refractivity contribution in [2.45, 2.75) is 69.7 Å². The minimum atomic E-state index is -0.286. The van der Waals surface area contributed by atoms with Gasteiger partial charge < -0.3 is 19.5 Å². The summed E-state index contributed by atoms with van der Waals surface area (Å²) in [6.45, 7) is 1.11. The Hall–Kier alpha value is -0.650. The molecule has 5 heteroatoms. The number of aliphatic hydroxyl groups excluding tert-OH is 1. The highest BCUT2D eigenvalue weighted by atomic mass is 16.5. The average molecular weight is 301 g/mol. The van der Waals surface area contributed by atoms with Gasteiger partial charge in [0.1, 0.15) is 0 Å². The fourth-order valence-corrected chi connectivity index (χ4v) is 2.78. The zero-order valence-corrected chi connectivity index (χ0v) is 13.7. The minimum absolute atomic E-state index is 0.0326. The molecule has 1 fully saturated rings. The monoisotopic (exact) mass is 301 g/mol. The van der Waals surface area contributed by atoms with E-state index >= 15 is 0 Å². The van der Waals surface area contributed by atoms with Crippen LogP contribution in [0.5, 0.6) is 0 Å².